The van der Waals surface area contributed by atoms with E-state index in [-0.39, 0.29) is 23.5 Å². The first-order chi connectivity index (χ1) is 17.8. The summed E-state index contributed by atoms with van der Waals surface area (Å²) in [6.07, 6.45) is 3.80. The first-order valence-corrected chi connectivity index (χ1v) is 12.6. The van der Waals surface area contributed by atoms with Crippen molar-refractivity contribution in [3.63, 3.8) is 0 Å². The molecule has 0 fully saturated rings. The van der Waals surface area contributed by atoms with Crippen molar-refractivity contribution in [2.75, 3.05) is 26.1 Å². The Labute approximate surface area is 214 Å². The smallest absolute Gasteiger partial charge is 0.243 e. The van der Waals surface area contributed by atoms with E-state index in [0.717, 1.165) is 5.56 Å². The number of aryl methyl sites for hydroxylation is 1. The Balaban J connectivity index is 1.79. The van der Waals surface area contributed by atoms with Crippen molar-refractivity contribution in [3.8, 4) is 29.0 Å². The first-order valence-electron chi connectivity index (χ1n) is 11.1. The summed E-state index contributed by atoms with van der Waals surface area (Å²) in [4.78, 5) is 17.1. The lowest BCUT2D eigenvalue weighted by Crippen LogP contribution is -2.33. The van der Waals surface area contributed by atoms with Crippen LogP contribution < -0.4 is 14.2 Å². The number of methoxy groups -OCH3 is 3. The molecule has 0 unspecified atom stereocenters. The van der Waals surface area contributed by atoms with Crippen LogP contribution in [0, 0.1) is 6.92 Å². The van der Waals surface area contributed by atoms with E-state index in [1.165, 1.54) is 32.8 Å². The van der Waals surface area contributed by atoms with Crippen LogP contribution >= 0.6 is 0 Å². The number of sulfonamides is 1. The van der Waals surface area contributed by atoms with Gasteiger partial charge in [-0.15, -0.1) is 10.2 Å². The zero-order valence-electron chi connectivity index (χ0n) is 20.9. The second-order valence-corrected chi connectivity index (χ2v) is 9.94. The van der Waals surface area contributed by atoms with Gasteiger partial charge in [0.25, 0.3) is 0 Å². The van der Waals surface area contributed by atoms with Crippen molar-refractivity contribution in [3.05, 3.63) is 60.3 Å². The fourth-order valence-electron chi connectivity index (χ4n) is 3.55. The van der Waals surface area contributed by atoms with Gasteiger partial charge in [0.2, 0.25) is 27.7 Å². The maximum absolute atomic E-state index is 13.5. The number of hydrogen-bond donors (Lipinski definition) is 1. The number of ether oxygens (including phenoxy) is 3. The highest BCUT2D eigenvalue weighted by Crippen LogP contribution is 2.31. The fraction of sp³-hybridized carbons (Fsp3) is 0.304. The van der Waals surface area contributed by atoms with E-state index < -0.39 is 21.4 Å². The molecule has 13 nitrogen and oxygen atoms in total. The predicted molar refractivity (Wildman–Crippen MR) is 134 cm³/mol. The zero-order valence-corrected chi connectivity index (χ0v) is 21.7. The van der Waals surface area contributed by atoms with Crippen LogP contribution in [0.5, 0.6) is 11.8 Å². The van der Waals surface area contributed by atoms with Gasteiger partial charge in [-0.25, -0.2) is 28.4 Å². The van der Waals surface area contributed by atoms with Gasteiger partial charge >= 0.3 is 0 Å². The minimum absolute atomic E-state index is 0.0996. The summed E-state index contributed by atoms with van der Waals surface area (Å²) in [7, 11) is 0.246. The van der Waals surface area contributed by atoms with Crippen LogP contribution in [0.4, 0.5) is 5.95 Å². The van der Waals surface area contributed by atoms with Crippen molar-refractivity contribution in [2.45, 2.75) is 25.2 Å². The zero-order chi connectivity index (χ0) is 26.6. The summed E-state index contributed by atoms with van der Waals surface area (Å²) in [5, 5.41) is 7.24. The second kappa shape index (κ2) is 10.8. The summed E-state index contributed by atoms with van der Waals surface area (Å²) in [6, 6.07) is 8.48. The van der Waals surface area contributed by atoms with E-state index in [1.54, 1.807) is 48.9 Å². The molecule has 0 saturated carbocycles. The monoisotopic (exact) mass is 526 g/mol. The summed E-state index contributed by atoms with van der Waals surface area (Å²) in [6.45, 7) is 3.33. The topological polar surface area (TPSA) is 156 Å². The number of rotatable bonds is 10. The van der Waals surface area contributed by atoms with Crippen molar-refractivity contribution >= 4 is 16.0 Å². The Hall–Kier alpha value is -4.17. The largest absolute Gasteiger partial charge is 0.481 e. The van der Waals surface area contributed by atoms with Gasteiger partial charge in [-0.2, -0.15) is 0 Å². The number of aromatic nitrogens is 7. The highest BCUT2D eigenvalue weighted by Gasteiger charge is 2.34. The molecular weight excluding hydrogens is 500 g/mol. The SMILES string of the molecule is COc1cccc(-c2nnc(NS(=O)(=O)[C@@H](C)[C@H](OC)c3ncc(C)cn3)n2-c2cccnc2OC)n1. The van der Waals surface area contributed by atoms with Gasteiger partial charge in [0.15, 0.2) is 11.6 Å². The molecule has 4 rings (SSSR count). The maximum atomic E-state index is 13.5. The molecule has 0 aliphatic carbocycles. The normalized spacial score (nSPS) is 13.1. The van der Waals surface area contributed by atoms with Crippen LogP contribution in [-0.4, -0.2) is 69.7 Å². The highest BCUT2D eigenvalue weighted by molar-refractivity contribution is 7.93. The van der Waals surface area contributed by atoms with Crippen LogP contribution in [0.2, 0.25) is 0 Å². The van der Waals surface area contributed by atoms with Crippen LogP contribution in [0.1, 0.15) is 24.4 Å². The molecule has 0 aliphatic rings. The number of anilines is 1. The van der Waals surface area contributed by atoms with E-state index in [4.69, 9.17) is 14.2 Å². The molecule has 194 valence electrons. The van der Waals surface area contributed by atoms with Gasteiger partial charge < -0.3 is 14.2 Å². The Morgan fingerprint density at radius 1 is 0.973 bits per heavy atom. The summed E-state index contributed by atoms with van der Waals surface area (Å²) in [5.41, 5.74) is 1.62. The Kier molecular flexibility index (Phi) is 7.59. The molecule has 0 radical (unpaired) electrons. The third-order valence-electron chi connectivity index (χ3n) is 5.47. The number of pyridine rings is 2. The fourth-order valence-corrected chi connectivity index (χ4v) is 4.68. The minimum Gasteiger partial charge on any atom is -0.481 e. The molecular formula is C23H26N8O5S. The molecule has 4 heterocycles. The lowest BCUT2D eigenvalue weighted by Gasteiger charge is -2.22. The van der Waals surface area contributed by atoms with Gasteiger partial charge in [-0.3, -0.25) is 9.29 Å². The molecule has 0 amide bonds. The summed E-state index contributed by atoms with van der Waals surface area (Å²) < 4.78 is 47.1. The van der Waals surface area contributed by atoms with Gasteiger partial charge in [0.1, 0.15) is 22.7 Å². The first kappa shape index (κ1) is 25.9. The van der Waals surface area contributed by atoms with Crippen LogP contribution in [0.25, 0.3) is 17.2 Å². The molecule has 0 bridgehead atoms. The molecule has 4 aromatic heterocycles. The molecule has 0 spiro atoms. The lowest BCUT2D eigenvalue weighted by atomic mass is 10.2. The van der Waals surface area contributed by atoms with Gasteiger partial charge in [-0.1, -0.05) is 6.07 Å². The third kappa shape index (κ3) is 5.34. The molecule has 1 N–H and O–H groups in total. The molecule has 0 aromatic carbocycles. The van der Waals surface area contributed by atoms with Gasteiger partial charge in [0.05, 0.1) is 14.2 Å². The molecule has 2 atom stereocenters. The van der Waals surface area contributed by atoms with E-state index in [0.29, 0.717) is 17.3 Å². The van der Waals surface area contributed by atoms with E-state index in [1.807, 2.05) is 6.92 Å². The van der Waals surface area contributed by atoms with Crippen molar-refractivity contribution in [1.82, 2.24) is 34.7 Å². The Morgan fingerprint density at radius 2 is 1.73 bits per heavy atom. The molecule has 4 aromatic rings. The van der Waals surface area contributed by atoms with Crippen molar-refractivity contribution in [2.24, 2.45) is 0 Å². The standard InChI is InChI=1S/C23H26N8O5S/c1-14-12-25-20(26-13-14)19(35-4)15(2)37(32,33)30-23-29-28-21(16-8-6-10-18(27-16)34-3)31(23)17-9-7-11-24-22(17)36-5/h6-13,15,19H,1-5H3,(H,29,30)/t15-,19-/m0/s1. The van der Waals surface area contributed by atoms with Crippen molar-refractivity contribution < 1.29 is 22.6 Å². The minimum atomic E-state index is -4.10. The Bertz CT molecular complexity index is 1480. The summed E-state index contributed by atoms with van der Waals surface area (Å²) >= 11 is 0. The predicted octanol–water partition coefficient (Wildman–Crippen LogP) is 2.36. The average Bonchev–Trinajstić information content (AvgIpc) is 3.32. The Morgan fingerprint density at radius 3 is 2.41 bits per heavy atom. The molecule has 0 saturated heterocycles. The maximum Gasteiger partial charge on any atom is 0.243 e. The molecule has 14 heteroatoms. The molecule has 0 aliphatic heterocycles. The van der Waals surface area contributed by atoms with E-state index in [9.17, 15) is 8.42 Å². The van der Waals surface area contributed by atoms with E-state index >= 15 is 0 Å². The van der Waals surface area contributed by atoms with Crippen LogP contribution in [0.15, 0.2) is 48.9 Å². The second-order valence-electron chi connectivity index (χ2n) is 7.91. The molecule has 37 heavy (non-hydrogen) atoms. The number of nitrogens with one attached hydrogen (secondary N) is 1. The van der Waals surface area contributed by atoms with E-state index in [2.05, 4.69) is 34.9 Å². The van der Waals surface area contributed by atoms with Gasteiger partial charge in [-0.05, 0) is 37.6 Å². The van der Waals surface area contributed by atoms with Crippen LogP contribution in [0.3, 0.4) is 0 Å². The highest BCUT2D eigenvalue weighted by atomic mass is 32.2. The third-order valence-corrected chi connectivity index (χ3v) is 7.16. The lowest BCUT2D eigenvalue weighted by molar-refractivity contribution is 0.0949. The number of hydrogen-bond acceptors (Lipinski definition) is 11. The quantitative estimate of drug-likeness (QED) is 0.323. The van der Waals surface area contributed by atoms with Crippen LogP contribution in [-0.2, 0) is 14.8 Å². The average molecular weight is 527 g/mol. The number of nitrogens with zero attached hydrogens (tertiary/aromatic N) is 7. The van der Waals surface area contributed by atoms with Crippen molar-refractivity contribution in [1.29, 1.82) is 0 Å². The summed E-state index contributed by atoms with van der Waals surface area (Å²) in [5.74, 6) is 0.950. The van der Waals surface area contributed by atoms with Gasteiger partial charge in [0, 0.05) is 31.8 Å².